The van der Waals surface area contributed by atoms with E-state index in [1.54, 1.807) is 6.33 Å². The van der Waals surface area contributed by atoms with Gasteiger partial charge in [0, 0.05) is 25.7 Å². The van der Waals surface area contributed by atoms with Gasteiger partial charge in [-0.1, -0.05) is 0 Å². The van der Waals surface area contributed by atoms with Crippen molar-refractivity contribution in [2.45, 2.75) is 38.4 Å². The molecule has 5 nitrogen and oxygen atoms in total. The lowest BCUT2D eigenvalue weighted by molar-refractivity contribution is 0.240. The monoisotopic (exact) mass is 223 g/mol. The Morgan fingerprint density at radius 1 is 1.62 bits per heavy atom. The number of likely N-dealkylation sites (N-methyl/N-ethyl adjacent to an activating group) is 1. The second-order valence-electron chi connectivity index (χ2n) is 4.68. The van der Waals surface area contributed by atoms with Crippen LogP contribution in [-0.4, -0.2) is 45.3 Å². The zero-order chi connectivity index (χ0) is 11.5. The van der Waals surface area contributed by atoms with Crippen LogP contribution in [-0.2, 0) is 13.6 Å². The number of hydrogen-bond acceptors (Lipinski definition) is 4. The van der Waals surface area contributed by atoms with Gasteiger partial charge in [0.05, 0.1) is 6.54 Å². The molecule has 1 unspecified atom stereocenters. The average Bonchev–Trinajstić information content (AvgIpc) is 3.03. The van der Waals surface area contributed by atoms with Crippen LogP contribution in [0, 0.1) is 0 Å². The van der Waals surface area contributed by atoms with Gasteiger partial charge in [-0.05, 0) is 26.8 Å². The molecular weight excluding hydrogens is 202 g/mol. The molecule has 1 heterocycles. The molecular formula is C11H21N5. The maximum Gasteiger partial charge on any atom is 0.140 e. The van der Waals surface area contributed by atoms with Gasteiger partial charge >= 0.3 is 0 Å². The van der Waals surface area contributed by atoms with E-state index in [4.69, 9.17) is 0 Å². The maximum absolute atomic E-state index is 4.18. The van der Waals surface area contributed by atoms with Crippen LogP contribution >= 0.6 is 0 Å². The Balaban J connectivity index is 1.69. The van der Waals surface area contributed by atoms with Crippen molar-refractivity contribution in [3.05, 3.63) is 12.2 Å². The molecule has 1 aromatic rings. The van der Waals surface area contributed by atoms with Gasteiger partial charge < -0.3 is 5.32 Å². The molecule has 0 aliphatic heterocycles. The molecule has 1 aliphatic rings. The Morgan fingerprint density at radius 2 is 2.38 bits per heavy atom. The number of rotatable bonds is 6. The maximum atomic E-state index is 4.18. The normalized spacial score (nSPS) is 18.0. The highest BCUT2D eigenvalue weighted by atomic mass is 15.3. The largest absolute Gasteiger partial charge is 0.308 e. The van der Waals surface area contributed by atoms with Gasteiger partial charge in [-0.3, -0.25) is 9.58 Å². The summed E-state index contributed by atoms with van der Waals surface area (Å²) in [6.07, 6.45) is 4.32. The quantitative estimate of drug-likeness (QED) is 0.757. The fourth-order valence-corrected chi connectivity index (χ4v) is 1.86. The summed E-state index contributed by atoms with van der Waals surface area (Å²) in [4.78, 5) is 6.64. The number of nitrogens with one attached hydrogen (secondary N) is 1. The second-order valence-corrected chi connectivity index (χ2v) is 4.68. The molecule has 1 aromatic heterocycles. The van der Waals surface area contributed by atoms with E-state index in [0.29, 0.717) is 6.04 Å². The van der Waals surface area contributed by atoms with E-state index >= 15 is 0 Å². The van der Waals surface area contributed by atoms with Gasteiger partial charge in [-0.2, -0.15) is 5.10 Å². The standard InChI is InChI=1S/C11H21N5/c1-9(15(2)10-4-5-10)6-12-7-11-13-8-14-16(11)3/h8-10,12H,4-7H2,1-3H3. The molecule has 90 valence electrons. The molecule has 0 radical (unpaired) electrons. The average molecular weight is 223 g/mol. The first kappa shape index (κ1) is 11.5. The van der Waals surface area contributed by atoms with Crippen molar-refractivity contribution in [1.29, 1.82) is 0 Å². The van der Waals surface area contributed by atoms with Crippen LogP contribution in [0.25, 0.3) is 0 Å². The van der Waals surface area contributed by atoms with Gasteiger partial charge in [0.25, 0.3) is 0 Å². The zero-order valence-corrected chi connectivity index (χ0v) is 10.3. The van der Waals surface area contributed by atoms with Crippen LogP contribution in [0.2, 0.25) is 0 Å². The lowest BCUT2D eigenvalue weighted by atomic mass is 10.3. The first-order valence-electron chi connectivity index (χ1n) is 5.94. The van der Waals surface area contributed by atoms with E-state index in [9.17, 15) is 0 Å². The lowest BCUT2D eigenvalue weighted by Gasteiger charge is -2.24. The summed E-state index contributed by atoms with van der Waals surface area (Å²) in [6, 6.07) is 1.41. The summed E-state index contributed by atoms with van der Waals surface area (Å²) in [6.45, 7) is 4.06. The molecule has 0 amide bonds. The fourth-order valence-electron chi connectivity index (χ4n) is 1.86. The number of nitrogens with zero attached hydrogens (tertiary/aromatic N) is 4. The lowest BCUT2D eigenvalue weighted by Crippen LogP contribution is -2.39. The Bertz CT molecular complexity index is 331. The van der Waals surface area contributed by atoms with E-state index in [1.165, 1.54) is 12.8 Å². The third-order valence-electron chi connectivity index (χ3n) is 3.35. The third kappa shape index (κ3) is 2.80. The van der Waals surface area contributed by atoms with E-state index < -0.39 is 0 Å². The van der Waals surface area contributed by atoms with Crippen LogP contribution in [0.1, 0.15) is 25.6 Å². The second kappa shape index (κ2) is 4.93. The molecule has 16 heavy (non-hydrogen) atoms. The van der Waals surface area contributed by atoms with E-state index in [1.807, 2.05) is 11.7 Å². The molecule has 1 N–H and O–H groups in total. The van der Waals surface area contributed by atoms with Crippen molar-refractivity contribution >= 4 is 0 Å². The van der Waals surface area contributed by atoms with Gasteiger partial charge in [-0.15, -0.1) is 0 Å². The first-order valence-corrected chi connectivity index (χ1v) is 5.94. The molecule has 1 saturated carbocycles. The molecule has 0 spiro atoms. The van der Waals surface area contributed by atoms with Gasteiger partial charge in [-0.25, -0.2) is 4.98 Å². The summed E-state index contributed by atoms with van der Waals surface area (Å²) in [7, 11) is 4.14. The minimum atomic E-state index is 0.584. The predicted molar refractivity (Wildman–Crippen MR) is 63.0 cm³/mol. The van der Waals surface area contributed by atoms with E-state index in [2.05, 4.69) is 34.3 Å². The Hall–Kier alpha value is -0.940. The number of aryl methyl sites for hydroxylation is 1. The van der Waals surface area contributed by atoms with E-state index in [-0.39, 0.29) is 0 Å². The van der Waals surface area contributed by atoms with Gasteiger partial charge in [0.2, 0.25) is 0 Å². The molecule has 1 aliphatic carbocycles. The number of aromatic nitrogens is 3. The van der Waals surface area contributed by atoms with Crippen molar-refractivity contribution in [2.75, 3.05) is 13.6 Å². The Labute approximate surface area is 96.8 Å². The van der Waals surface area contributed by atoms with Crippen LogP contribution in [0.15, 0.2) is 6.33 Å². The molecule has 5 heteroatoms. The van der Waals surface area contributed by atoms with Crippen molar-refractivity contribution in [3.8, 4) is 0 Å². The van der Waals surface area contributed by atoms with Crippen LogP contribution in [0.3, 0.4) is 0 Å². The molecule has 1 fully saturated rings. The van der Waals surface area contributed by atoms with Crippen molar-refractivity contribution < 1.29 is 0 Å². The summed E-state index contributed by atoms with van der Waals surface area (Å²) in [5.41, 5.74) is 0. The smallest absolute Gasteiger partial charge is 0.140 e. The minimum absolute atomic E-state index is 0.584. The summed E-state index contributed by atoms with van der Waals surface area (Å²) >= 11 is 0. The predicted octanol–water partition coefficient (Wildman–Crippen LogP) is 0.387. The highest BCUT2D eigenvalue weighted by Crippen LogP contribution is 2.26. The topological polar surface area (TPSA) is 46.0 Å². The minimum Gasteiger partial charge on any atom is -0.308 e. The number of hydrogen-bond donors (Lipinski definition) is 1. The van der Waals surface area contributed by atoms with Crippen molar-refractivity contribution in [3.63, 3.8) is 0 Å². The molecule has 0 bridgehead atoms. The molecule has 2 rings (SSSR count). The Morgan fingerprint density at radius 3 is 2.94 bits per heavy atom. The highest BCUT2D eigenvalue weighted by Gasteiger charge is 2.28. The highest BCUT2D eigenvalue weighted by molar-refractivity contribution is 4.87. The van der Waals surface area contributed by atoms with Crippen LogP contribution in [0.5, 0.6) is 0 Å². The van der Waals surface area contributed by atoms with Crippen LogP contribution in [0.4, 0.5) is 0 Å². The third-order valence-corrected chi connectivity index (χ3v) is 3.35. The summed E-state index contributed by atoms with van der Waals surface area (Å²) < 4.78 is 1.81. The SMILES string of the molecule is CC(CNCc1ncnn1C)N(C)C1CC1. The van der Waals surface area contributed by atoms with Crippen LogP contribution < -0.4 is 5.32 Å². The summed E-state index contributed by atoms with van der Waals surface area (Å²) in [5.74, 6) is 0.987. The van der Waals surface area contributed by atoms with Gasteiger partial charge in [0.15, 0.2) is 0 Å². The Kier molecular flexibility index (Phi) is 3.56. The fraction of sp³-hybridized carbons (Fsp3) is 0.818. The zero-order valence-electron chi connectivity index (χ0n) is 10.3. The van der Waals surface area contributed by atoms with Gasteiger partial charge in [0.1, 0.15) is 12.2 Å². The summed E-state index contributed by atoms with van der Waals surface area (Å²) in [5, 5.41) is 7.47. The first-order chi connectivity index (χ1) is 7.68. The van der Waals surface area contributed by atoms with Crippen molar-refractivity contribution in [2.24, 2.45) is 7.05 Å². The molecule has 0 saturated heterocycles. The molecule has 1 atom stereocenters. The van der Waals surface area contributed by atoms with Crippen molar-refractivity contribution in [1.82, 2.24) is 25.0 Å². The molecule has 0 aromatic carbocycles. The van der Waals surface area contributed by atoms with E-state index in [0.717, 1.165) is 25.0 Å².